The minimum atomic E-state index is -1.79. The summed E-state index contributed by atoms with van der Waals surface area (Å²) >= 11 is 0. The Labute approximate surface area is 173 Å². The van der Waals surface area contributed by atoms with Gasteiger partial charge in [-0.25, -0.2) is 18.0 Å². The summed E-state index contributed by atoms with van der Waals surface area (Å²) in [6.45, 7) is 1.55. The third-order valence-corrected chi connectivity index (χ3v) is 5.99. The van der Waals surface area contributed by atoms with Crippen LogP contribution in [0.3, 0.4) is 0 Å². The van der Waals surface area contributed by atoms with Crippen LogP contribution >= 0.6 is 0 Å². The first-order valence-corrected chi connectivity index (χ1v) is 9.78. The van der Waals surface area contributed by atoms with Gasteiger partial charge in [0.2, 0.25) is 5.43 Å². The van der Waals surface area contributed by atoms with E-state index in [4.69, 9.17) is 15.6 Å². The molecule has 12 heteroatoms. The maximum absolute atomic E-state index is 15.8. The van der Waals surface area contributed by atoms with Gasteiger partial charge in [0.15, 0.2) is 17.4 Å². The summed E-state index contributed by atoms with van der Waals surface area (Å²) in [6.07, 6.45) is -2.43. The summed E-state index contributed by atoms with van der Waals surface area (Å²) in [4.78, 5) is 25.1. The van der Waals surface area contributed by atoms with E-state index in [-0.39, 0.29) is 37.2 Å². The number of nitrogens with two attached hydrogens (primary N) is 1. The first-order valence-electron chi connectivity index (χ1n) is 9.78. The molecule has 5 rings (SSSR count). The third kappa shape index (κ3) is 3.08. The van der Waals surface area contributed by atoms with Crippen LogP contribution in [0.2, 0.25) is 0 Å². The second-order valence-electron chi connectivity index (χ2n) is 7.91. The maximum atomic E-state index is 15.8. The van der Waals surface area contributed by atoms with Crippen molar-refractivity contribution >= 4 is 28.4 Å². The van der Waals surface area contributed by atoms with Crippen molar-refractivity contribution in [3.8, 4) is 5.75 Å². The fourth-order valence-corrected chi connectivity index (χ4v) is 4.45. The Bertz CT molecular complexity index is 1140. The largest absolute Gasteiger partial charge is 0.511 e. The number of nitrogen functional groups attached to an aromatic ring is 1. The number of hydrogen-bond acceptors (Lipinski definition) is 7. The van der Waals surface area contributed by atoms with Crippen molar-refractivity contribution in [2.45, 2.75) is 30.8 Å². The van der Waals surface area contributed by atoms with Crippen LogP contribution in [0, 0.1) is 11.6 Å². The van der Waals surface area contributed by atoms with Crippen LogP contribution in [0.15, 0.2) is 11.0 Å². The molecule has 1 saturated carbocycles. The molecular weight excluding hydrogens is 421 g/mol. The van der Waals surface area contributed by atoms with E-state index in [1.807, 2.05) is 0 Å². The number of rotatable bonds is 3. The van der Waals surface area contributed by atoms with Crippen molar-refractivity contribution in [1.82, 2.24) is 9.88 Å². The SMILES string of the molecule is Nc1c(F)c(N2C[C@@H]3NCCO[C@@H]3C2)c(F)c2c1c(=O)c(OC(=O)O)cn2[C@@H]1C[C@@H]1F. The molecule has 166 valence electrons. The van der Waals surface area contributed by atoms with Crippen LogP contribution < -0.4 is 26.1 Å². The van der Waals surface area contributed by atoms with Gasteiger partial charge < -0.3 is 35.1 Å². The van der Waals surface area contributed by atoms with Gasteiger partial charge in [0, 0.05) is 26.1 Å². The van der Waals surface area contributed by atoms with E-state index in [2.05, 4.69) is 10.1 Å². The average molecular weight is 440 g/mol. The van der Waals surface area contributed by atoms with Crippen molar-refractivity contribution in [1.29, 1.82) is 0 Å². The summed E-state index contributed by atoms with van der Waals surface area (Å²) in [5, 5.41) is 11.5. The lowest BCUT2D eigenvalue weighted by molar-refractivity contribution is 0.0212. The molecule has 1 aromatic heterocycles. The lowest BCUT2D eigenvalue weighted by atomic mass is 10.1. The van der Waals surface area contributed by atoms with Gasteiger partial charge in [0.05, 0.1) is 47.6 Å². The molecule has 2 saturated heterocycles. The van der Waals surface area contributed by atoms with Gasteiger partial charge in [0.25, 0.3) is 0 Å². The van der Waals surface area contributed by atoms with Crippen molar-refractivity contribution < 1.29 is 32.5 Å². The molecular formula is C19H19F3N4O5. The maximum Gasteiger partial charge on any atom is 0.511 e. The number of halogens is 3. The number of nitrogens with zero attached hydrogens (tertiary/aromatic N) is 2. The normalized spacial score (nSPS) is 27.4. The van der Waals surface area contributed by atoms with E-state index in [1.165, 1.54) is 4.90 Å². The highest BCUT2D eigenvalue weighted by Crippen LogP contribution is 2.44. The van der Waals surface area contributed by atoms with Gasteiger partial charge in [-0.1, -0.05) is 0 Å². The lowest BCUT2D eigenvalue weighted by Gasteiger charge is -2.25. The fourth-order valence-electron chi connectivity index (χ4n) is 4.45. The van der Waals surface area contributed by atoms with Crippen LogP contribution in [-0.4, -0.2) is 60.4 Å². The van der Waals surface area contributed by atoms with Gasteiger partial charge in [-0.15, -0.1) is 0 Å². The number of hydrogen-bond donors (Lipinski definition) is 3. The predicted molar refractivity (Wildman–Crippen MR) is 103 cm³/mol. The standard InChI is InChI=1S/C19H19F3N4O5/c20-7-3-9(7)26-6-11(31-19(28)29)18(27)12-15(23)13(21)17(14(22)16(12)26)25-4-8-10(5-25)30-2-1-24-8/h6-10,24H,1-5,23H2,(H,28,29)/t7-,8-,9+,10+/m0/s1. The molecule has 0 bridgehead atoms. The second-order valence-corrected chi connectivity index (χ2v) is 7.91. The van der Waals surface area contributed by atoms with Gasteiger partial charge in [-0.05, 0) is 0 Å². The number of morpholine rings is 1. The molecule has 1 aromatic carbocycles. The quantitative estimate of drug-likeness (QED) is 0.484. The zero-order valence-electron chi connectivity index (χ0n) is 16.1. The Hall–Kier alpha value is -2.99. The number of pyridine rings is 1. The first kappa shape index (κ1) is 19.9. The number of benzene rings is 1. The minimum Gasteiger partial charge on any atom is -0.449 e. The monoisotopic (exact) mass is 440 g/mol. The highest BCUT2D eigenvalue weighted by molar-refractivity contribution is 5.96. The number of alkyl halides is 1. The number of nitrogens with one attached hydrogen (secondary N) is 1. The van der Waals surface area contributed by atoms with Crippen LogP contribution in [0.5, 0.6) is 5.75 Å². The molecule has 0 amide bonds. The molecule has 3 aliphatic rings. The molecule has 4 atom stereocenters. The fraction of sp³-hybridized carbons (Fsp3) is 0.474. The van der Waals surface area contributed by atoms with E-state index in [0.717, 1.165) is 10.8 Å². The molecule has 0 unspecified atom stereocenters. The topological polar surface area (TPSA) is 119 Å². The van der Waals surface area contributed by atoms with Crippen molar-refractivity contribution in [2.75, 3.05) is 36.9 Å². The number of ether oxygens (including phenoxy) is 2. The number of carboxylic acid groups (broad SMARTS) is 1. The van der Waals surface area contributed by atoms with Crippen LogP contribution in [-0.2, 0) is 4.74 Å². The lowest BCUT2D eigenvalue weighted by Crippen LogP contribution is -2.47. The summed E-state index contributed by atoms with van der Waals surface area (Å²) in [5.74, 6) is -2.92. The molecule has 9 nitrogen and oxygen atoms in total. The van der Waals surface area contributed by atoms with E-state index < -0.39 is 57.9 Å². The van der Waals surface area contributed by atoms with Crippen LogP contribution in [0.25, 0.3) is 10.9 Å². The zero-order valence-corrected chi connectivity index (χ0v) is 16.1. The molecule has 3 heterocycles. The molecule has 1 aliphatic carbocycles. The molecule has 0 radical (unpaired) electrons. The number of carbonyl (C=O) groups is 1. The number of anilines is 2. The summed E-state index contributed by atoms with van der Waals surface area (Å²) in [5.41, 5.74) is 3.34. The molecule has 3 fully saturated rings. The summed E-state index contributed by atoms with van der Waals surface area (Å²) in [7, 11) is 0. The second kappa shape index (κ2) is 7.02. The van der Waals surface area contributed by atoms with E-state index in [9.17, 15) is 14.0 Å². The molecule has 31 heavy (non-hydrogen) atoms. The van der Waals surface area contributed by atoms with Gasteiger partial charge in [-0.3, -0.25) is 4.79 Å². The number of fused-ring (bicyclic) bond motifs is 2. The molecule has 0 spiro atoms. The Morgan fingerprint density at radius 1 is 1.32 bits per heavy atom. The van der Waals surface area contributed by atoms with Crippen molar-refractivity contribution in [3.63, 3.8) is 0 Å². The van der Waals surface area contributed by atoms with Gasteiger partial charge in [0.1, 0.15) is 11.9 Å². The Kier molecular flexibility index (Phi) is 4.52. The van der Waals surface area contributed by atoms with E-state index in [0.29, 0.717) is 13.2 Å². The van der Waals surface area contributed by atoms with Crippen LogP contribution in [0.1, 0.15) is 12.5 Å². The first-order chi connectivity index (χ1) is 14.8. The Balaban J connectivity index is 1.73. The third-order valence-electron chi connectivity index (χ3n) is 5.99. The molecule has 4 N–H and O–H groups in total. The predicted octanol–water partition coefficient (Wildman–Crippen LogP) is 1.38. The molecule has 2 aromatic rings. The highest BCUT2D eigenvalue weighted by Gasteiger charge is 2.43. The summed E-state index contributed by atoms with van der Waals surface area (Å²) < 4.78 is 56.1. The number of aromatic nitrogens is 1. The average Bonchev–Trinajstić information content (AvgIpc) is 3.29. The van der Waals surface area contributed by atoms with E-state index >= 15 is 8.78 Å². The van der Waals surface area contributed by atoms with E-state index in [1.54, 1.807) is 0 Å². The Morgan fingerprint density at radius 2 is 2.06 bits per heavy atom. The highest BCUT2D eigenvalue weighted by atomic mass is 19.1. The van der Waals surface area contributed by atoms with Crippen LogP contribution in [0.4, 0.5) is 29.3 Å². The van der Waals surface area contributed by atoms with Gasteiger partial charge >= 0.3 is 6.16 Å². The molecule has 2 aliphatic heterocycles. The minimum absolute atomic E-state index is 0.0299. The van der Waals surface area contributed by atoms with Crippen molar-refractivity contribution in [2.24, 2.45) is 0 Å². The van der Waals surface area contributed by atoms with Crippen molar-refractivity contribution in [3.05, 3.63) is 28.1 Å². The smallest absolute Gasteiger partial charge is 0.449 e. The summed E-state index contributed by atoms with van der Waals surface area (Å²) in [6, 6.07) is -0.978. The van der Waals surface area contributed by atoms with Gasteiger partial charge in [-0.2, -0.15) is 0 Å². The Morgan fingerprint density at radius 3 is 2.71 bits per heavy atom. The zero-order chi connectivity index (χ0) is 22.0.